The van der Waals surface area contributed by atoms with E-state index in [0.717, 1.165) is 55.7 Å². The summed E-state index contributed by atoms with van der Waals surface area (Å²) >= 11 is 0. The Kier molecular flexibility index (Phi) is 7.22. The molecule has 0 aromatic heterocycles. The highest BCUT2D eigenvalue weighted by Gasteiger charge is 2.30. The van der Waals surface area contributed by atoms with Crippen LogP contribution in [0.5, 0.6) is 11.5 Å². The first-order valence-electron chi connectivity index (χ1n) is 8.99. The van der Waals surface area contributed by atoms with Crippen molar-refractivity contribution in [2.24, 2.45) is 10.4 Å². The van der Waals surface area contributed by atoms with Crippen molar-refractivity contribution in [3.05, 3.63) is 23.8 Å². The van der Waals surface area contributed by atoms with Crippen LogP contribution < -0.4 is 14.8 Å². The number of fused-ring (bicyclic) bond motifs is 1. The number of ether oxygens (including phenoxy) is 2. The number of aliphatic imine (C=N–C) groups is 1. The highest BCUT2D eigenvalue weighted by Crippen LogP contribution is 2.31. The van der Waals surface area contributed by atoms with Gasteiger partial charge in [0.25, 0.3) is 0 Å². The maximum Gasteiger partial charge on any atom is 0.194 e. The van der Waals surface area contributed by atoms with Crippen LogP contribution in [0.1, 0.15) is 39.2 Å². The number of nitrogens with one attached hydrogen (secondary N) is 1. The SMILES string of the molecule is CCNC(=NCc1ccc2c(c1)OCCCO2)N1CCC(C)(C)C1.I. The second kappa shape index (κ2) is 8.96. The number of guanidine groups is 1. The summed E-state index contributed by atoms with van der Waals surface area (Å²) in [5.41, 5.74) is 1.51. The molecular weight excluding hydrogens is 429 g/mol. The van der Waals surface area contributed by atoms with Gasteiger partial charge in [0.15, 0.2) is 17.5 Å². The lowest BCUT2D eigenvalue weighted by Gasteiger charge is -2.23. The summed E-state index contributed by atoms with van der Waals surface area (Å²) in [5, 5.41) is 3.42. The molecule has 140 valence electrons. The Bertz CT molecular complexity index is 604. The Morgan fingerprint density at radius 3 is 2.68 bits per heavy atom. The quantitative estimate of drug-likeness (QED) is 0.426. The second-order valence-corrected chi connectivity index (χ2v) is 7.34. The average Bonchev–Trinajstić information content (AvgIpc) is 2.78. The highest BCUT2D eigenvalue weighted by atomic mass is 127. The molecule has 0 amide bonds. The van der Waals surface area contributed by atoms with Crippen LogP contribution in [0.25, 0.3) is 0 Å². The Hall–Kier alpha value is -1.18. The minimum atomic E-state index is 0. The zero-order valence-electron chi connectivity index (χ0n) is 15.5. The molecule has 0 unspecified atom stereocenters. The smallest absolute Gasteiger partial charge is 0.194 e. The Morgan fingerprint density at radius 2 is 2.00 bits per heavy atom. The first kappa shape index (κ1) is 20.1. The van der Waals surface area contributed by atoms with Gasteiger partial charge >= 0.3 is 0 Å². The number of likely N-dealkylation sites (tertiary alicyclic amines) is 1. The lowest BCUT2D eigenvalue weighted by Crippen LogP contribution is -2.40. The lowest BCUT2D eigenvalue weighted by atomic mass is 9.93. The van der Waals surface area contributed by atoms with E-state index in [9.17, 15) is 0 Å². The van der Waals surface area contributed by atoms with E-state index in [0.29, 0.717) is 18.6 Å². The Balaban J connectivity index is 0.00000225. The summed E-state index contributed by atoms with van der Waals surface area (Å²) in [5.74, 6) is 2.69. The fourth-order valence-electron chi connectivity index (χ4n) is 3.19. The molecule has 1 fully saturated rings. The largest absolute Gasteiger partial charge is 0.490 e. The molecular formula is C19H30IN3O2. The molecule has 2 heterocycles. The summed E-state index contributed by atoms with van der Waals surface area (Å²) in [6.45, 7) is 11.9. The Labute approximate surface area is 168 Å². The fourth-order valence-corrected chi connectivity index (χ4v) is 3.19. The lowest BCUT2D eigenvalue weighted by molar-refractivity contribution is 0.297. The van der Waals surface area contributed by atoms with Crippen LogP contribution in [0, 0.1) is 5.41 Å². The molecule has 25 heavy (non-hydrogen) atoms. The predicted octanol–water partition coefficient (Wildman–Crippen LogP) is 3.66. The minimum Gasteiger partial charge on any atom is -0.490 e. The van der Waals surface area contributed by atoms with Gasteiger partial charge in [-0.15, -0.1) is 24.0 Å². The van der Waals surface area contributed by atoms with Crippen molar-refractivity contribution in [2.75, 3.05) is 32.8 Å². The zero-order valence-corrected chi connectivity index (χ0v) is 17.8. The van der Waals surface area contributed by atoms with Gasteiger partial charge in [-0.2, -0.15) is 0 Å². The predicted molar refractivity (Wildman–Crippen MR) is 112 cm³/mol. The van der Waals surface area contributed by atoms with Crippen LogP contribution in [0.3, 0.4) is 0 Å². The van der Waals surface area contributed by atoms with Gasteiger partial charge in [-0.3, -0.25) is 0 Å². The Morgan fingerprint density at radius 1 is 1.24 bits per heavy atom. The van der Waals surface area contributed by atoms with E-state index in [4.69, 9.17) is 14.5 Å². The first-order chi connectivity index (χ1) is 11.6. The van der Waals surface area contributed by atoms with Crippen molar-refractivity contribution in [3.63, 3.8) is 0 Å². The molecule has 0 aliphatic carbocycles. The third-order valence-corrected chi connectivity index (χ3v) is 4.54. The molecule has 1 saturated heterocycles. The van der Waals surface area contributed by atoms with Crippen LogP contribution in [-0.2, 0) is 6.54 Å². The number of nitrogens with zero attached hydrogens (tertiary/aromatic N) is 2. The number of benzene rings is 1. The maximum absolute atomic E-state index is 5.77. The molecule has 0 radical (unpaired) electrons. The van der Waals surface area contributed by atoms with Gasteiger partial charge in [-0.1, -0.05) is 19.9 Å². The van der Waals surface area contributed by atoms with E-state index >= 15 is 0 Å². The van der Waals surface area contributed by atoms with Gasteiger partial charge < -0.3 is 19.7 Å². The van der Waals surface area contributed by atoms with Crippen molar-refractivity contribution in [3.8, 4) is 11.5 Å². The molecule has 0 bridgehead atoms. The molecule has 0 spiro atoms. The number of hydrogen-bond acceptors (Lipinski definition) is 3. The van der Waals surface area contributed by atoms with Crippen LogP contribution in [0.2, 0.25) is 0 Å². The van der Waals surface area contributed by atoms with Gasteiger partial charge in [0.05, 0.1) is 19.8 Å². The topological polar surface area (TPSA) is 46.1 Å². The molecule has 5 nitrogen and oxygen atoms in total. The van der Waals surface area contributed by atoms with Gasteiger partial charge in [0, 0.05) is 26.1 Å². The molecule has 2 aliphatic heterocycles. The molecule has 1 N–H and O–H groups in total. The van der Waals surface area contributed by atoms with Crippen molar-refractivity contribution in [2.45, 2.75) is 40.2 Å². The van der Waals surface area contributed by atoms with Gasteiger partial charge in [0.1, 0.15) is 0 Å². The summed E-state index contributed by atoms with van der Waals surface area (Å²) < 4.78 is 11.5. The van der Waals surface area contributed by atoms with Crippen molar-refractivity contribution >= 4 is 29.9 Å². The summed E-state index contributed by atoms with van der Waals surface area (Å²) in [6, 6.07) is 6.13. The van der Waals surface area contributed by atoms with Gasteiger partial charge in [-0.05, 0) is 36.5 Å². The van der Waals surface area contributed by atoms with Crippen molar-refractivity contribution < 1.29 is 9.47 Å². The van der Waals surface area contributed by atoms with E-state index < -0.39 is 0 Å². The van der Waals surface area contributed by atoms with E-state index in [1.807, 2.05) is 6.07 Å². The van der Waals surface area contributed by atoms with E-state index in [-0.39, 0.29) is 24.0 Å². The van der Waals surface area contributed by atoms with Gasteiger partial charge in [0.2, 0.25) is 0 Å². The van der Waals surface area contributed by atoms with Crippen LogP contribution in [-0.4, -0.2) is 43.7 Å². The molecule has 3 rings (SSSR count). The fraction of sp³-hybridized carbons (Fsp3) is 0.632. The molecule has 2 aliphatic rings. The molecule has 1 aromatic rings. The third-order valence-electron chi connectivity index (χ3n) is 4.54. The van der Waals surface area contributed by atoms with Crippen LogP contribution in [0.15, 0.2) is 23.2 Å². The second-order valence-electron chi connectivity index (χ2n) is 7.34. The maximum atomic E-state index is 5.77. The van der Waals surface area contributed by atoms with Gasteiger partial charge in [-0.25, -0.2) is 4.99 Å². The average molecular weight is 459 g/mol. The van der Waals surface area contributed by atoms with E-state index in [1.165, 1.54) is 6.42 Å². The molecule has 6 heteroatoms. The normalized spacial score (nSPS) is 19.2. The molecule has 1 aromatic carbocycles. The first-order valence-corrected chi connectivity index (χ1v) is 8.99. The van der Waals surface area contributed by atoms with Crippen LogP contribution >= 0.6 is 24.0 Å². The monoisotopic (exact) mass is 459 g/mol. The third kappa shape index (κ3) is 5.39. The van der Waals surface area contributed by atoms with Crippen molar-refractivity contribution in [1.29, 1.82) is 0 Å². The highest BCUT2D eigenvalue weighted by molar-refractivity contribution is 14.0. The molecule has 0 atom stereocenters. The van der Waals surface area contributed by atoms with E-state index in [2.05, 4.69) is 43.1 Å². The number of hydrogen-bond donors (Lipinski definition) is 1. The molecule has 0 saturated carbocycles. The number of rotatable bonds is 3. The summed E-state index contributed by atoms with van der Waals surface area (Å²) in [7, 11) is 0. The van der Waals surface area contributed by atoms with E-state index in [1.54, 1.807) is 0 Å². The minimum absolute atomic E-state index is 0. The summed E-state index contributed by atoms with van der Waals surface area (Å²) in [6.07, 6.45) is 2.14. The standard InChI is InChI=1S/C19H29N3O2.HI/c1-4-20-18(22-9-8-19(2,3)14-22)21-13-15-6-7-16-17(12-15)24-11-5-10-23-16;/h6-7,12H,4-5,8-11,13-14H2,1-3H3,(H,20,21);1H. The van der Waals surface area contributed by atoms with Crippen molar-refractivity contribution in [1.82, 2.24) is 10.2 Å². The zero-order chi connectivity index (χ0) is 17.0. The summed E-state index contributed by atoms with van der Waals surface area (Å²) in [4.78, 5) is 7.21. The number of halogens is 1. The van der Waals surface area contributed by atoms with Crippen LogP contribution in [0.4, 0.5) is 0 Å².